The molecule has 4 N–H and O–H groups in total. The Bertz CT molecular complexity index is 503. The Kier molecular flexibility index (Phi) is 4.30. The smallest absolute Gasteiger partial charge is 0.255 e. The number of aromatic nitrogens is 1. The molecule has 0 spiro atoms. The molecular formula is C14H23N5OS. The lowest BCUT2D eigenvalue weighted by Crippen LogP contribution is -2.38. The van der Waals surface area contributed by atoms with E-state index >= 15 is 0 Å². The van der Waals surface area contributed by atoms with Crippen molar-refractivity contribution >= 4 is 28.3 Å². The summed E-state index contributed by atoms with van der Waals surface area (Å²) in [5.41, 5.74) is 11.6. The fourth-order valence-electron chi connectivity index (χ4n) is 3.39. The predicted molar refractivity (Wildman–Crippen MR) is 85.7 cm³/mol. The van der Waals surface area contributed by atoms with Crippen molar-refractivity contribution in [1.82, 2.24) is 9.27 Å². The third-order valence-corrected chi connectivity index (χ3v) is 5.49. The molecule has 0 aromatic carbocycles. The number of hydrogen-bond acceptors (Lipinski definition) is 6. The van der Waals surface area contributed by atoms with Crippen molar-refractivity contribution in [3.05, 3.63) is 5.56 Å². The van der Waals surface area contributed by atoms with Crippen LogP contribution in [0.1, 0.15) is 36.0 Å². The van der Waals surface area contributed by atoms with Gasteiger partial charge in [-0.1, -0.05) is 0 Å². The number of nitrogens with zero attached hydrogens (tertiary/aromatic N) is 3. The van der Waals surface area contributed by atoms with Crippen LogP contribution in [0.25, 0.3) is 0 Å². The average Bonchev–Trinajstić information content (AvgIpc) is 3.09. The Morgan fingerprint density at radius 2 is 1.90 bits per heavy atom. The highest BCUT2D eigenvalue weighted by molar-refractivity contribution is 7.11. The molecule has 2 saturated heterocycles. The summed E-state index contributed by atoms with van der Waals surface area (Å²) < 4.78 is 4.08. The van der Waals surface area contributed by atoms with Crippen molar-refractivity contribution in [3.8, 4) is 0 Å². The molecule has 0 aliphatic carbocycles. The largest absolute Gasteiger partial charge is 0.382 e. The average molecular weight is 309 g/mol. The van der Waals surface area contributed by atoms with Crippen molar-refractivity contribution in [2.24, 2.45) is 11.7 Å². The van der Waals surface area contributed by atoms with E-state index in [0.29, 0.717) is 5.56 Å². The van der Waals surface area contributed by atoms with Gasteiger partial charge in [-0.05, 0) is 56.2 Å². The zero-order chi connectivity index (χ0) is 14.8. The number of likely N-dealkylation sites (tertiary alicyclic amines) is 1. The molecule has 1 aromatic rings. The molecule has 2 aliphatic rings. The first-order valence-corrected chi connectivity index (χ1v) is 8.44. The second kappa shape index (κ2) is 6.19. The molecule has 0 saturated carbocycles. The molecular weight excluding hydrogens is 286 g/mol. The number of carbonyl (C=O) groups excluding carboxylic acids is 1. The number of hydrogen-bond donors (Lipinski definition) is 2. The highest BCUT2D eigenvalue weighted by Crippen LogP contribution is 2.33. The summed E-state index contributed by atoms with van der Waals surface area (Å²) in [5, 5.41) is 0.847. The minimum absolute atomic E-state index is 0.265. The van der Waals surface area contributed by atoms with Crippen LogP contribution >= 0.6 is 11.5 Å². The molecule has 2 fully saturated rings. The highest BCUT2D eigenvalue weighted by atomic mass is 32.1. The second-order valence-electron chi connectivity index (χ2n) is 6.05. The Morgan fingerprint density at radius 3 is 2.52 bits per heavy atom. The maximum atomic E-state index is 11.5. The summed E-state index contributed by atoms with van der Waals surface area (Å²) in [4.78, 5) is 16.3. The van der Waals surface area contributed by atoms with Crippen LogP contribution in [0, 0.1) is 5.92 Å². The van der Waals surface area contributed by atoms with E-state index in [0.717, 1.165) is 36.9 Å². The van der Waals surface area contributed by atoms with Crippen molar-refractivity contribution < 1.29 is 4.79 Å². The molecule has 3 heterocycles. The maximum Gasteiger partial charge on any atom is 0.255 e. The third-order valence-electron chi connectivity index (χ3n) is 4.56. The summed E-state index contributed by atoms with van der Waals surface area (Å²) in [6, 6.07) is 0. The second-order valence-corrected chi connectivity index (χ2v) is 6.80. The van der Waals surface area contributed by atoms with Gasteiger partial charge in [0.1, 0.15) is 10.6 Å². The van der Waals surface area contributed by atoms with Gasteiger partial charge < -0.3 is 21.3 Å². The van der Waals surface area contributed by atoms with Gasteiger partial charge in [-0.3, -0.25) is 4.79 Å². The molecule has 1 aromatic heterocycles. The van der Waals surface area contributed by atoms with Gasteiger partial charge in [0.2, 0.25) is 0 Å². The molecule has 0 radical (unpaired) electrons. The minimum Gasteiger partial charge on any atom is -0.382 e. The number of carbonyl (C=O) groups is 1. The molecule has 116 valence electrons. The van der Waals surface area contributed by atoms with Gasteiger partial charge in [-0.25, -0.2) is 0 Å². The Labute approximate surface area is 129 Å². The fourth-order valence-corrected chi connectivity index (χ4v) is 4.26. The van der Waals surface area contributed by atoms with E-state index in [-0.39, 0.29) is 5.82 Å². The van der Waals surface area contributed by atoms with Crippen LogP contribution in [0.15, 0.2) is 0 Å². The monoisotopic (exact) mass is 309 g/mol. The zero-order valence-corrected chi connectivity index (χ0v) is 13.1. The van der Waals surface area contributed by atoms with Crippen molar-refractivity contribution in [2.45, 2.75) is 25.7 Å². The first-order valence-electron chi connectivity index (χ1n) is 7.67. The van der Waals surface area contributed by atoms with Gasteiger partial charge in [0.25, 0.3) is 5.91 Å². The van der Waals surface area contributed by atoms with E-state index in [1.165, 1.54) is 44.0 Å². The van der Waals surface area contributed by atoms with Gasteiger partial charge in [0, 0.05) is 19.6 Å². The Balaban J connectivity index is 1.59. The lowest BCUT2D eigenvalue weighted by Gasteiger charge is -2.34. The van der Waals surface area contributed by atoms with Crippen LogP contribution in [0.4, 0.5) is 10.8 Å². The maximum absolute atomic E-state index is 11.5. The van der Waals surface area contributed by atoms with Crippen molar-refractivity contribution in [3.63, 3.8) is 0 Å². The first-order chi connectivity index (χ1) is 10.1. The summed E-state index contributed by atoms with van der Waals surface area (Å²) >= 11 is 1.28. The molecule has 6 nitrogen and oxygen atoms in total. The van der Waals surface area contributed by atoms with Gasteiger partial charge in [0.05, 0.1) is 0 Å². The third kappa shape index (κ3) is 3.13. The van der Waals surface area contributed by atoms with Crippen molar-refractivity contribution in [1.29, 1.82) is 0 Å². The molecule has 21 heavy (non-hydrogen) atoms. The van der Waals surface area contributed by atoms with E-state index < -0.39 is 5.91 Å². The quantitative estimate of drug-likeness (QED) is 0.870. The molecule has 0 bridgehead atoms. The molecule has 3 rings (SSSR count). The van der Waals surface area contributed by atoms with Gasteiger partial charge in [-0.2, -0.15) is 4.37 Å². The number of amides is 1. The van der Waals surface area contributed by atoms with Gasteiger partial charge in [0.15, 0.2) is 5.82 Å². The van der Waals surface area contributed by atoms with E-state index in [9.17, 15) is 4.79 Å². The van der Waals surface area contributed by atoms with Crippen molar-refractivity contribution in [2.75, 3.05) is 43.4 Å². The molecule has 0 atom stereocenters. The predicted octanol–water partition coefficient (Wildman–Crippen LogP) is 1.14. The lowest BCUT2D eigenvalue weighted by atomic mass is 9.96. The minimum atomic E-state index is -0.476. The standard InChI is InChI=1S/C14H23N5OS/c15-12-11(13(16)20)14(21-17-12)19-7-3-10(4-8-19)9-18-5-1-2-6-18/h10H,1-9H2,(H2,15,17)(H2,16,20). The topological polar surface area (TPSA) is 88.5 Å². The zero-order valence-electron chi connectivity index (χ0n) is 12.3. The van der Waals surface area contributed by atoms with Crippen LogP contribution in [0.3, 0.4) is 0 Å². The van der Waals surface area contributed by atoms with Gasteiger partial charge in [-0.15, -0.1) is 0 Å². The fraction of sp³-hybridized carbons (Fsp3) is 0.714. The molecule has 1 amide bonds. The summed E-state index contributed by atoms with van der Waals surface area (Å²) in [6.07, 6.45) is 5.01. The van der Waals surface area contributed by atoms with Crippen LogP contribution in [-0.4, -0.2) is 47.9 Å². The van der Waals surface area contributed by atoms with E-state index in [1.54, 1.807) is 0 Å². The van der Waals surface area contributed by atoms with Gasteiger partial charge >= 0.3 is 0 Å². The Morgan fingerprint density at radius 1 is 1.24 bits per heavy atom. The highest BCUT2D eigenvalue weighted by Gasteiger charge is 2.27. The van der Waals surface area contributed by atoms with Crippen LogP contribution in [0.2, 0.25) is 0 Å². The normalized spacial score (nSPS) is 21.0. The van der Waals surface area contributed by atoms with E-state index in [2.05, 4.69) is 14.2 Å². The summed E-state index contributed by atoms with van der Waals surface area (Å²) in [6.45, 7) is 5.66. The summed E-state index contributed by atoms with van der Waals surface area (Å²) in [5.74, 6) is 0.554. The SMILES string of the molecule is NC(=O)c1c(N)nsc1N1CCC(CN2CCCC2)CC1. The number of rotatable bonds is 4. The van der Waals surface area contributed by atoms with Crippen LogP contribution in [-0.2, 0) is 0 Å². The number of anilines is 2. The Hall–Kier alpha value is -1.34. The number of piperidine rings is 1. The lowest BCUT2D eigenvalue weighted by molar-refractivity contribution is 0.100. The molecule has 7 heteroatoms. The first kappa shape index (κ1) is 14.6. The number of nitrogens with two attached hydrogens (primary N) is 2. The van der Waals surface area contributed by atoms with Crippen LogP contribution in [0.5, 0.6) is 0 Å². The number of nitrogen functional groups attached to an aromatic ring is 1. The van der Waals surface area contributed by atoms with E-state index in [1.807, 2.05) is 0 Å². The molecule has 2 aliphatic heterocycles. The molecule has 0 unspecified atom stereocenters. The number of primary amides is 1. The van der Waals surface area contributed by atoms with Crippen LogP contribution < -0.4 is 16.4 Å². The summed E-state index contributed by atoms with van der Waals surface area (Å²) in [7, 11) is 0. The van der Waals surface area contributed by atoms with E-state index in [4.69, 9.17) is 11.5 Å².